The molecule has 0 radical (unpaired) electrons. The number of hydrogen-bond acceptors (Lipinski definition) is 7. The third kappa shape index (κ3) is 4.94. The van der Waals surface area contributed by atoms with Gasteiger partial charge in [-0.3, -0.25) is 4.79 Å². The average Bonchev–Trinajstić information content (AvgIpc) is 3.03. The number of nitrogens with two attached hydrogens (primary N) is 1. The summed E-state index contributed by atoms with van der Waals surface area (Å²) in [4.78, 5) is 19.5. The molecule has 10 heteroatoms. The number of primary sulfonamides is 1. The number of ether oxygens (including phenoxy) is 1. The maximum atomic E-state index is 13.0. The van der Waals surface area contributed by atoms with Crippen LogP contribution < -0.4 is 20.1 Å². The fraction of sp³-hybridized carbons (Fsp3) is 0.435. The lowest BCUT2D eigenvalue weighted by atomic mass is 9.96. The zero-order valence-corrected chi connectivity index (χ0v) is 19.4. The van der Waals surface area contributed by atoms with E-state index in [1.807, 2.05) is 0 Å². The van der Waals surface area contributed by atoms with Crippen molar-refractivity contribution >= 4 is 21.7 Å². The van der Waals surface area contributed by atoms with E-state index in [1.165, 1.54) is 12.3 Å². The Labute approximate surface area is 193 Å². The lowest BCUT2D eigenvalue weighted by Crippen LogP contribution is -2.55. The second kappa shape index (κ2) is 8.65. The van der Waals surface area contributed by atoms with Crippen LogP contribution in [0.15, 0.2) is 47.5 Å². The number of pyridine rings is 1. The Morgan fingerprint density at radius 2 is 1.82 bits per heavy atom. The van der Waals surface area contributed by atoms with E-state index in [4.69, 9.17) is 15.1 Å². The van der Waals surface area contributed by atoms with Crippen LogP contribution in [0.25, 0.3) is 0 Å². The molecule has 2 aliphatic heterocycles. The van der Waals surface area contributed by atoms with Crippen LogP contribution in [-0.4, -0.2) is 43.0 Å². The molecule has 2 aliphatic rings. The Hall–Kier alpha value is -3.16. The van der Waals surface area contributed by atoms with Crippen molar-refractivity contribution in [1.82, 2.24) is 10.3 Å². The molecule has 2 atom stereocenters. The first-order valence-corrected chi connectivity index (χ1v) is 12.4. The monoisotopic (exact) mass is 469 g/mol. The van der Waals surface area contributed by atoms with Gasteiger partial charge in [0, 0.05) is 24.3 Å². The molecule has 2 aromatic rings. The van der Waals surface area contributed by atoms with E-state index in [2.05, 4.69) is 21.3 Å². The highest BCUT2D eigenvalue weighted by atomic mass is 32.2. The van der Waals surface area contributed by atoms with E-state index in [0.717, 1.165) is 31.5 Å². The summed E-state index contributed by atoms with van der Waals surface area (Å²) < 4.78 is 28.9. The highest BCUT2D eigenvalue weighted by Gasteiger charge is 2.43. The van der Waals surface area contributed by atoms with Gasteiger partial charge in [0.15, 0.2) is 5.60 Å². The minimum Gasteiger partial charge on any atom is -0.478 e. The predicted molar refractivity (Wildman–Crippen MR) is 122 cm³/mol. The Morgan fingerprint density at radius 1 is 1.18 bits per heavy atom. The molecule has 2 saturated heterocycles. The van der Waals surface area contributed by atoms with E-state index in [1.54, 1.807) is 44.2 Å². The second-order valence-electron chi connectivity index (χ2n) is 9.08. The van der Waals surface area contributed by atoms with E-state index in [0.29, 0.717) is 11.3 Å². The van der Waals surface area contributed by atoms with Gasteiger partial charge in [0.1, 0.15) is 16.5 Å². The SMILES string of the molecule is CC(C)(Oc1ccc(C#N)cc1)C(=O)NC1CC2CCC(C1)N2c1ccc(S(N)(=O)=O)cn1. The molecule has 0 spiro atoms. The Kier molecular flexibility index (Phi) is 6.03. The third-order valence-electron chi connectivity index (χ3n) is 6.29. The Morgan fingerprint density at radius 3 is 2.33 bits per heavy atom. The van der Waals surface area contributed by atoms with Gasteiger partial charge in [-0.25, -0.2) is 18.5 Å². The van der Waals surface area contributed by atoms with E-state index < -0.39 is 15.6 Å². The molecule has 33 heavy (non-hydrogen) atoms. The van der Waals surface area contributed by atoms with Gasteiger partial charge in [0.25, 0.3) is 5.91 Å². The van der Waals surface area contributed by atoms with Crippen molar-refractivity contribution in [3.8, 4) is 11.8 Å². The number of amides is 1. The van der Waals surface area contributed by atoms with Crippen LogP contribution >= 0.6 is 0 Å². The second-order valence-corrected chi connectivity index (χ2v) is 10.6. The molecular formula is C23H27N5O4S. The van der Waals surface area contributed by atoms with Gasteiger partial charge in [-0.15, -0.1) is 0 Å². The van der Waals surface area contributed by atoms with Crippen LogP contribution in [0.3, 0.4) is 0 Å². The summed E-state index contributed by atoms with van der Waals surface area (Å²) in [6.45, 7) is 3.45. The Bertz CT molecular complexity index is 1160. The molecule has 4 rings (SSSR count). The normalized spacial score (nSPS) is 22.5. The summed E-state index contributed by atoms with van der Waals surface area (Å²) in [5.41, 5.74) is -0.546. The summed E-state index contributed by atoms with van der Waals surface area (Å²) in [6.07, 6.45) is 4.81. The molecule has 174 valence electrons. The fourth-order valence-corrected chi connectivity index (χ4v) is 5.12. The summed E-state index contributed by atoms with van der Waals surface area (Å²) >= 11 is 0. The molecule has 0 aliphatic carbocycles. The van der Waals surface area contributed by atoms with Crippen molar-refractivity contribution in [2.45, 2.75) is 68.2 Å². The first kappa shape index (κ1) is 23.0. The molecule has 3 N–H and O–H groups in total. The van der Waals surface area contributed by atoms with E-state index >= 15 is 0 Å². The van der Waals surface area contributed by atoms with Crippen LogP contribution in [0.1, 0.15) is 45.1 Å². The number of carbonyl (C=O) groups is 1. The van der Waals surface area contributed by atoms with Gasteiger partial charge in [-0.1, -0.05) is 0 Å². The molecule has 2 bridgehead atoms. The smallest absolute Gasteiger partial charge is 0.263 e. The standard InChI is InChI=1S/C23H27N5O4S/c1-23(2,32-19-7-3-15(13-24)4-8-19)22(29)27-16-11-17-5-6-18(12-16)28(17)21-10-9-20(14-26-21)33(25,30)31/h3-4,7-10,14,16-18H,5-6,11-12H2,1-2H3,(H,27,29)(H2,25,30,31). The number of piperidine rings is 1. The summed E-state index contributed by atoms with van der Waals surface area (Å²) in [6, 6.07) is 12.3. The number of benzene rings is 1. The summed E-state index contributed by atoms with van der Waals surface area (Å²) in [5, 5.41) is 17.2. The van der Waals surface area contributed by atoms with Crippen LogP contribution in [0.2, 0.25) is 0 Å². The number of nitrogens with zero attached hydrogens (tertiary/aromatic N) is 3. The summed E-state index contributed by atoms with van der Waals surface area (Å²) in [7, 11) is -3.78. The Balaban J connectivity index is 1.39. The molecule has 0 saturated carbocycles. The maximum Gasteiger partial charge on any atom is 0.263 e. The molecule has 9 nitrogen and oxygen atoms in total. The van der Waals surface area contributed by atoms with Gasteiger partial charge < -0.3 is 15.0 Å². The number of anilines is 1. The van der Waals surface area contributed by atoms with Crippen LogP contribution in [-0.2, 0) is 14.8 Å². The quantitative estimate of drug-likeness (QED) is 0.660. The van der Waals surface area contributed by atoms with Gasteiger partial charge in [-0.05, 0) is 75.9 Å². The lowest BCUT2D eigenvalue weighted by Gasteiger charge is -2.40. The molecule has 3 heterocycles. The van der Waals surface area contributed by atoms with Crippen molar-refractivity contribution in [2.75, 3.05) is 4.90 Å². The number of sulfonamides is 1. The maximum absolute atomic E-state index is 13.0. The number of hydrogen-bond donors (Lipinski definition) is 2. The number of carbonyl (C=O) groups excluding carboxylic acids is 1. The zero-order valence-electron chi connectivity index (χ0n) is 18.6. The van der Waals surface area contributed by atoms with Crippen LogP contribution in [0, 0.1) is 11.3 Å². The first-order valence-electron chi connectivity index (χ1n) is 10.8. The molecule has 1 aromatic carbocycles. The number of nitrogens with one attached hydrogen (secondary N) is 1. The lowest BCUT2D eigenvalue weighted by molar-refractivity contribution is -0.135. The molecule has 2 fully saturated rings. The fourth-order valence-electron chi connectivity index (χ4n) is 4.66. The van der Waals surface area contributed by atoms with Crippen molar-refractivity contribution in [2.24, 2.45) is 5.14 Å². The minimum absolute atomic E-state index is 0.00904. The molecule has 2 unspecified atom stereocenters. The average molecular weight is 470 g/mol. The largest absolute Gasteiger partial charge is 0.478 e. The molecule has 1 amide bonds. The van der Waals surface area contributed by atoms with Crippen LogP contribution in [0.5, 0.6) is 5.75 Å². The number of aromatic nitrogens is 1. The van der Waals surface area contributed by atoms with Gasteiger partial charge in [-0.2, -0.15) is 5.26 Å². The van der Waals surface area contributed by atoms with Crippen molar-refractivity contribution < 1.29 is 17.9 Å². The van der Waals surface area contributed by atoms with Crippen LogP contribution in [0.4, 0.5) is 5.82 Å². The first-order chi connectivity index (χ1) is 15.6. The highest BCUT2D eigenvalue weighted by molar-refractivity contribution is 7.89. The van der Waals surface area contributed by atoms with Crippen molar-refractivity contribution in [3.63, 3.8) is 0 Å². The third-order valence-corrected chi connectivity index (χ3v) is 7.18. The topological polar surface area (TPSA) is 138 Å². The van der Waals surface area contributed by atoms with Gasteiger partial charge in [0.05, 0.1) is 11.6 Å². The minimum atomic E-state index is -3.78. The van der Waals surface area contributed by atoms with Crippen molar-refractivity contribution in [1.29, 1.82) is 5.26 Å². The van der Waals surface area contributed by atoms with E-state index in [-0.39, 0.29) is 28.9 Å². The summed E-state index contributed by atoms with van der Waals surface area (Å²) in [5.74, 6) is 1.06. The highest BCUT2D eigenvalue weighted by Crippen LogP contribution is 2.38. The van der Waals surface area contributed by atoms with Gasteiger partial charge >= 0.3 is 0 Å². The molecular weight excluding hydrogens is 442 g/mol. The van der Waals surface area contributed by atoms with Crippen molar-refractivity contribution in [3.05, 3.63) is 48.2 Å². The molecule has 1 aromatic heterocycles. The number of nitriles is 1. The predicted octanol–water partition coefficient (Wildman–Crippen LogP) is 2.07. The number of rotatable bonds is 6. The zero-order chi connectivity index (χ0) is 23.8. The van der Waals surface area contributed by atoms with E-state index in [9.17, 15) is 13.2 Å². The van der Waals surface area contributed by atoms with Gasteiger partial charge in [0.2, 0.25) is 10.0 Å². The number of fused-ring (bicyclic) bond motifs is 2.